The Bertz CT molecular complexity index is 1420. The maximum Gasteiger partial charge on any atom is 0.278 e. The molecule has 0 aliphatic carbocycles. The van der Waals surface area contributed by atoms with E-state index < -0.39 is 0 Å². The minimum atomic E-state index is -0.287. The zero-order valence-electron chi connectivity index (χ0n) is 17.8. The molecule has 164 valence electrons. The minimum absolute atomic E-state index is 0.0126. The van der Waals surface area contributed by atoms with Crippen LogP contribution in [0.5, 0.6) is 11.5 Å². The van der Waals surface area contributed by atoms with Gasteiger partial charge >= 0.3 is 0 Å². The molecule has 10 heteroatoms. The van der Waals surface area contributed by atoms with Gasteiger partial charge in [-0.2, -0.15) is 10.2 Å². The van der Waals surface area contributed by atoms with E-state index in [1.54, 1.807) is 35.0 Å². The summed E-state index contributed by atoms with van der Waals surface area (Å²) < 4.78 is 14.3. The van der Waals surface area contributed by atoms with E-state index in [1.807, 2.05) is 12.1 Å². The van der Waals surface area contributed by atoms with E-state index in [1.165, 1.54) is 25.8 Å². The molecule has 2 aromatic carbocycles. The summed E-state index contributed by atoms with van der Waals surface area (Å²) in [4.78, 5) is 24.7. The molecule has 0 atom stereocenters. The molecule has 0 unspecified atom stereocenters. The number of aromatic amines is 1. The number of nitrogens with zero attached hydrogens (tertiary/aromatic N) is 4. The number of rotatable bonds is 7. The lowest BCUT2D eigenvalue weighted by Crippen LogP contribution is -2.24. The number of aromatic nitrogens is 5. The van der Waals surface area contributed by atoms with Crippen molar-refractivity contribution in [1.82, 2.24) is 24.5 Å². The molecule has 0 aliphatic rings. The van der Waals surface area contributed by atoms with E-state index in [0.29, 0.717) is 44.9 Å². The molecule has 2 heterocycles. The van der Waals surface area contributed by atoms with Crippen LogP contribution in [0.4, 0.5) is 0 Å². The monoisotopic (exact) mass is 451 g/mol. The molecule has 4 aromatic rings. The second-order valence-corrected chi connectivity index (χ2v) is 7.46. The summed E-state index contributed by atoms with van der Waals surface area (Å²) >= 11 is 5.38. The average molecular weight is 452 g/mol. The van der Waals surface area contributed by atoms with E-state index >= 15 is 0 Å². The van der Waals surface area contributed by atoms with E-state index in [0.717, 1.165) is 5.69 Å². The molecular formula is C22H21N5O4S. The van der Waals surface area contributed by atoms with Crippen molar-refractivity contribution in [3.05, 3.63) is 69.1 Å². The number of aryl methyl sites for hydroxylation is 2. The first kappa shape index (κ1) is 21.4. The maximum atomic E-state index is 13.1. The topological polar surface area (TPSA) is 104 Å². The van der Waals surface area contributed by atoms with Crippen LogP contribution in [0.15, 0.2) is 47.4 Å². The van der Waals surface area contributed by atoms with Gasteiger partial charge in [0.2, 0.25) is 0 Å². The minimum Gasteiger partial charge on any atom is -0.493 e. The van der Waals surface area contributed by atoms with Crippen LogP contribution in [0.2, 0.25) is 0 Å². The quantitative estimate of drug-likeness (QED) is 0.340. The van der Waals surface area contributed by atoms with Gasteiger partial charge in [-0.25, -0.2) is 4.68 Å². The number of carbonyl (C=O) groups excluding carboxylic acids is 1. The van der Waals surface area contributed by atoms with Crippen molar-refractivity contribution in [3.63, 3.8) is 0 Å². The van der Waals surface area contributed by atoms with Crippen molar-refractivity contribution < 1.29 is 14.3 Å². The molecule has 0 saturated carbocycles. The van der Waals surface area contributed by atoms with Crippen LogP contribution in [-0.2, 0) is 13.0 Å². The van der Waals surface area contributed by atoms with Gasteiger partial charge in [-0.3, -0.25) is 19.3 Å². The lowest BCUT2D eigenvalue weighted by Gasteiger charge is -2.12. The van der Waals surface area contributed by atoms with Crippen LogP contribution in [0, 0.1) is 4.77 Å². The van der Waals surface area contributed by atoms with Crippen molar-refractivity contribution in [3.8, 4) is 17.2 Å². The van der Waals surface area contributed by atoms with Crippen LogP contribution in [-0.4, -0.2) is 44.5 Å². The summed E-state index contributed by atoms with van der Waals surface area (Å²) in [7, 11) is 3.02. The summed E-state index contributed by atoms with van der Waals surface area (Å²) in [5.74, 6) is 1.47. The Balaban J connectivity index is 1.68. The van der Waals surface area contributed by atoms with Gasteiger partial charge in [-0.05, 0) is 55.5 Å². The van der Waals surface area contributed by atoms with Crippen molar-refractivity contribution in [1.29, 1.82) is 0 Å². The summed E-state index contributed by atoms with van der Waals surface area (Å²) in [6, 6.07) is 10.6. The molecule has 0 saturated heterocycles. The molecule has 4 rings (SSSR count). The zero-order chi connectivity index (χ0) is 22.8. The predicted molar refractivity (Wildman–Crippen MR) is 122 cm³/mol. The Morgan fingerprint density at radius 3 is 2.53 bits per heavy atom. The normalized spacial score (nSPS) is 11.0. The molecule has 0 spiro atoms. The third-order valence-corrected chi connectivity index (χ3v) is 5.46. The highest BCUT2D eigenvalue weighted by molar-refractivity contribution is 7.71. The van der Waals surface area contributed by atoms with Crippen LogP contribution in [0.1, 0.15) is 23.1 Å². The third-order valence-electron chi connectivity index (χ3n) is 5.18. The number of H-pyrrole nitrogens is 1. The van der Waals surface area contributed by atoms with Gasteiger partial charge in [0.1, 0.15) is 5.82 Å². The number of nitrogens with one attached hydrogen (secondary N) is 1. The highest BCUT2D eigenvalue weighted by Crippen LogP contribution is 2.32. The van der Waals surface area contributed by atoms with Gasteiger partial charge in [0, 0.05) is 23.1 Å². The predicted octanol–water partition coefficient (Wildman–Crippen LogP) is 3.10. The molecule has 1 N–H and O–H groups in total. The van der Waals surface area contributed by atoms with E-state index in [-0.39, 0.29) is 17.9 Å². The first-order valence-electron chi connectivity index (χ1n) is 9.83. The van der Waals surface area contributed by atoms with Gasteiger partial charge in [-0.15, -0.1) is 0 Å². The number of hydrogen-bond donors (Lipinski definition) is 1. The fourth-order valence-corrected chi connectivity index (χ4v) is 3.81. The second kappa shape index (κ2) is 8.75. The van der Waals surface area contributed by atoms with Crippen molar-refractivity contribution in [2.45, 2.75) is 19.9 Å². The lowest BCUT2D eigenvalue weighted by molar-refractivity contribution is 0.101. The number of hydrogen-bond acceptors (Lipinski definition) is 7. The van der Waals surface area contributed by atoms with E-state index in [2.05, 4.69) is 15.3 Å². The Morgan fingerprint density at radius 2 is 1.88 bits per heavy atom. The lowest BCUT2D eigenvalue weighted by atomic mass is 10.1. The van der Waals surface area contributed by atoms with Crippen LogP contribution in [0.25, 0.3) is 16.5 Å². The summed E-state index contributed by atoms with van der Waals surface area (Å²) in [5.41, 5.74) is 1.10. The smallest absolute Gasteiger partial charge is 0.278 e. The fraction of sp³-hybridized carbons (Fsp3) is 0.227. The first-order valence-corrected chi connectivity index (χ1v) is 10.2. The molecule has 32 heavy (non-hydrogen) atoms. The standard InChI is InChI=1S/C22H21N5O4S/c1-13(28)14-4-7-16(8-5-14)27-18(24-25-22(27)32)10-11-26-21(29)19-15(12-23-26)6-9-17(30-2)20(19)31-3/h4-9,12H,10-11H2,1-3H3,(H,25,32). The number of fused-ring (bicyclic) bond motifs is 1. The number of methoxy groups -OCH3 is 2. The Kier molecular flexibility index (Phi) is 5.87. The number of benzene rings is 2. The Hall–Kier alpha value is -3.79. The van der Waals surface area contributed by atoms with E-state index in [9.17, 15) is 9.59 Å². The second-order valence-electron chi connectivity index (χ2n) is 7.07. The SMILES string of the molecule is COc1ccc2cnn(CCc3n[nH]c(=S)n3-c3ccc(C(C)=O)cc3)c(=O)c2c1OC. The van der Waals surface area contributed by atoms with Crippen molar-refractivity contribution >= 4 is 28.8 Å². The largest absolute Gasteiger partial charge is 0.493 e. The van der Waals surface area contributed by atoms with E-state index in [4.69, 9.17) is 21.7 Å². The fourth-order valence-electron chi connectivity index (χ4n) is 3.56. The average Bonchev–Trinajstić information content (AvgIpc) is 3.18. The molecule has 0 radical (unpaired) electrons. The van der Waals surface area contributed by atoms with Gasteiger partial charge < -0.3 is 9.47 Å². The van der Waals surface area contributed by atoms with Crippen LogP contribution >= 0.6 is 12.2 Å². The maximum absolute atomic E-state index is 13.1. The molecular weight excluding hydrogens is 430 g/mol. The van der Waals surface area contributed by atoms with Crippen molar-refractivity contribution in [2.75, 3.05) is 14.2 Å². The Labute approximate surface area is 188 Å². The van der Waals surface area contributed by atoms with Crippen LogP contribution < -0.4 is 15.0 Å². The van der Waals surface area contributed by atoms with Crippen molar-refractivity contribution in [2.24, 2.45) is 0 Å². The zero-order valence-corrected chi connectivity index (χ0v) is 18.6. The highest BCUT2D eigenvalue weighted by atomic mass is 32.1. The van der Waals surface area contributed by atoms with Gasteiger partial charge in [0.15, 0.2) is 22.1 Å². The Morgan fingerprint density at radius 1 is 1.12 bits per heavy atom. The summed E-state index contributed by atoms with van der Waals surface area (Å²) in [6.07, 6.45) is 2.02. The highest BCUT2D eigenvalue weighted by Gasteiger charge is 2.16. The van der Waals surface area contributed by atoms with Gasteiger partial charge in [0.25, 0.3) is 5.56 Å². The number of ether oxygens (including phenoxy) is 2. The first-order chi connectivity index (χ1) is 15.4. The molecule has 0 amide bonds. The molecule has 0 aliphatic heterocycles. The molecule has 0 bridgehead atoms. The van der Waals surface area contributed by atoms with Gasteiger partial charge in [-0.1, -0.05) is 0 Å². The molecule has 0 fully saturated rings. The van der Waals surface area contributed by atoms with Gasteiger partial charge in [0.05, 0.1) is 32.3 Å². The number of carbonyl (C=O) groups is 1. The number of Topliss-reactive ketones (excluding diaryl/α,β-unsaturated/α-hetero) is 1. The molecule has 9 nitrogen and oxygen atoms in total. The molecule has 2 aromatic heterocycles. The van der Waals surface area contributed by atoms with Crippen LogP contribution in [0.3, 0.4) is 0 Å². The number of ketones is 1. The summed E-state index contributed by atoms with van der Waals surface area (Å²) in [6.45, 7) is 1.79. The third kappa shape index (κ3) is 3.80. The summed E-state index contributed by atoms with van der Waals surface area (Å²) in [5, 5.41) is 12.5.